The molecule has 1 saturated carbocycles. The Bertz CT molecular complexity index is 990. The molecule has 1 fully saturated rings. The maximum atomic E-state index is 13.5. The number of nitrogens with one attached hydrogen (secondary N) is 1. The zero-order valence-corrected chi connectivity index (χ0v) is 17.3. The van der Waals surface area contributed by atoms with Crippen LogP contribution in [0, 0.1) is 0 Å². The number of carbonyl (C=O) groups excluding carboxylic acids is 1. The highest BCUT2D eigenvalue weighted by molar-refractivity contribution is 6.07. The summed E-state index contributed by atoms with van der Waals surface area (Å²) in [6, 6.07) is 22.3. The average Bonchev–Trinajstić information content (AvgIpc) is 3.27. The van der Waals surface area contributed by atoms with Crippen LogP contribution in [0.1, 0.15) is 51.5 Å². The van der Waals surface area contributed by atoms with Crippen LogP contribution in [0.3, 0.4) is 0 Å². The number of hydrogen-bond acceptors (Lipinski definition) is 2. The number of rotatable bonds is 6. The molecule has 1 N–H and O–H groups in total. The van der Waals surface area contributed by atoms with E-state index in [-0.39, 0.29) is 12.0 Å². The summed E-state index contributed by atoms with van der Waals surface area (Å²) in [5.41, 5.74) is 1.54. The Morgan fingerprint density at radius 1 is 0.966 bits per heavy atom. The highest BCUT2D eigenvalue weighted by atomic mass is 16.5. The van der Waals surface area contributed by atoms with Gasteiger partial charge in [0.25, 0.3) is 0 Å². The molecule has 0 aromatic heterocycles. The zero-order valence-electron chi connectivity index (χ0n) is 17.3. The quantitative estimate of drug-likeness (QED) is 0.526. The van der Waals surface area contributed by atoms with Gasteiger partial charge in [-0.15, -0.1) is 0 Å². The van der Waals surface area contributed by atoms with Gasteiger partial charge in [-0.25, -0.2) is 0 Å². The van der Waals surface area contributed by atoms with Crippen molar-refractivity contribution in [1.29, 1.82) is 0 Å². The number of carbonyl (C=O) groups is 1. The number of hydrogen-bond donors (Lipinski definition) is 1. The molecule has 29 heavy (non-hydrogen) atoms. The van der Waals surface area contributed by atoms with E-state index in [1.54, 1.807) is 0 Å². The Kier molecular flexibility index (Phi) is 5.57. The fourth-order valence-corrected chi connectivity index (χ4v) is 4.41. The summed E-state index contributed by atoms with van der Waals surface area (Å²) >= 11 is 0. The molecule has 150 valence electrons. The molecule has 0 bridgehead atoms. The van der Waals surface area contributed by atoms with E-state index in [2.05, 4.69) is 43.4 Å². The summed E-state index contributed by atoms with van der Waals surface area (Å²) in [5, 5.41) is 5.32. The van der Waals surface area contributed by atoms with Gasteiger partial charge in [0.05, 0.1) is 11.5 Å². The van der Waals surface area contributed by atoms with Crippen LogP contribution in [0.25, 0.3) is 10.8 Å². The van der Waals surface area contributed by atoms with E-state index in [1.807, 2.05) is 42.5 Å². The van der Waals surface area contributed by atoms with Gasteiger partial charge in [0.15, 0.2) is 0 Å². The summed E-state index contributed by atoms with van der Waals surface area (Å²) in [6.07, 6.45) is 5.08. The molecule has 0 radical (unpaired) electrons. The Balaban J connectivity index is 1.69. The van der Waals surface area contributed by atoms with Crippen LogP contribution < -0.4 is 10.1 Å². The fourth-order valence-electron chi connectivity index (χ4n) is 4.41. The van der Waals surface area contributed by atoms with Gasteiger partial charge in [0, 0.05) is 16.5 Å². The Morgan fingerprint density at radius 3 is 2.31 bits per heavy atom. The lowest BCUT2D eigenvalue weighted by atomic mass is 9.78. The molecule has 1 aliphatic carbocycles. The van der Waals surface area contributed by atoms with Gasteiger partial charge < -0.3 is 10.1 Å². The minimum atomic E-state index is -0.436. The molecule has 0 spiro atoms. The molecule has 3 nitrogen and oxygen atoms in total. The molecule has 3 aromatic carbocycles. The lowest BCUT2D eigenvalue weighted by Gasteiger charge is -2.28. The van der Waals surface area contributed by atoms with E-state index in [1.165, 1.54) is 0 Å². The summed E-state index contributed by atoms with van der Waals surface area (Å²) in [5.74, 6) is 0.966. The highest BCUT2D eigenvalue weighted by Crippen LogP contribution is 2.42. The maximum Gasteiger partial charge on any atom is 0.235 e. The zero-order chi connectivity index (χ0) is 20.3. The smallest absolute Gasteiger partial charge is 0.235 e. The average molecular weight is 388 g/mol. The molecule has 0 aliphatic heterocycles. The van der Waals surface area contributed by atoms with Crippen LogP contribution in [0.5, 0.6) is 5.75 Å². The van der Waals surface area contributed by atoms with Crippen molar-refractivity contribution >= 4 is 22.4 Å². The largest absolute Gasteiger partial charge is 0.490 e. The van der Waals surface area contributed by atoms with E-state index in [0.29, 0.717) is 0 Å². The first-order valence-electron chi connectivity index (χ1n) is 10.7. The SMILES string of the molecule is CCC(C)Oc1ccc(NC(=O)C2(c3ccccc3)CCCC2)c2ccccc12. The molecule has 3 aromatic rings. The Labute approximate surface area is 173 Å². The summed E-state index contributed by atoms with van der Waals surface area (Å²) < 4.78 is 6.11. The van der Waals surface area contributed by atoms with Crippen LogP contribution in [0.2, 0.25) is 0 Å². The van der Waals surface area contributed by atoms with Crippen LogP contribution in [0.15, 0.2) is 66.7 Å². The van der Waals surface area contributed by atoms with Gasteiger partial charge in [0.1, 0.15) is 5.75 Å². The van der Waals surface area contributed by atoms with Crippen LogP contribution >= 0.6 is 0 Å². The normalized spacial score (nSPS) is 16.5. The number of amides is 1. The molecule has 1 unspecified atom stereocenters. The van der Waals surface area contributed by atoms with Gasteiger partial charge in [-0.3, -0.25) is 4.79 Å². The van der Waals surface area contributed by atoms with Crippen molar-refractivity contribution in [2.24, 2.45) is 0 Å². The molecule has 0 heterocycles. The van der Waals surface area contributed by atoms with E-state index in [9.17, 15) is 4.79 Å². The minimum Gasteiger partial charge on any atom is -0.490 e. The topological polar surface area (TPSA) is 38.3 Å². The Morgan fingerprint density at radius 2 is 1.62 bits per heavy atom. The monoisotopic (exact) mass is 387 g/mol. The van der Waals surface area contributed by atoms with E-state index in [4.69, 9.17) is 4.74 Å². The maximum absolute atomic E-state index is 13.5. The van der Waals surface area contributed by atoms with Gasteiger partial charge in [-0.05, 0) is 43.9 Å². The van der Waals surface area contributed by atoms with E-state index < -0.39 is 5.41 Å². The third-order valence-corrected chi connectivity index (χ3v) is 6.25. The predicted octanol–water partition coefficient (Wildman–Crippen LogP) is 6.47. The number of anilines is 1. The summed E-state index contributed by atoms with van der Waals surface area (Å²) in [4.78, 5) is 13.5. The second-order valence-electron chi connectivity index (χ2n) is 8.10. The lowest BCUT2D eigenvalue weighted by Crippen LogP contribution is -2.38. The molecule has 3 heteroatoms. The third kappa shape index (κ3) is 3.74. The van der Waals surface area contributed by atoms with Gasteiger partial charge in [-0.1, -0.05) is 74.4 Å². The molecule has 0 saturated heterocycles. The molecule has 4 rings (SSSR count). The van der Waals surface area contributed by atoms with E-state index >= 15 is 0 Å². The van der Waals surface area contributed by atoms with E-state index in [0.717, 1.165) is 59.9 Å². The molecule has 1 amide bonds. The van der Waals surface area contributed by atoms with Gasteiger partial charge in [-0.2, -0.15) is 0 Å². The van der Waals surface area contributed by atoms with Crippen molar-refractivity contribution in [3.8, 4) is 5.75 Å². The van der Waals surface area contributed by atoms with Crippen LogP contribution in [-0.2, 0) is 10.2 Å². The molecular formula is C26H29NO2. The number of benzene rings is 3. The van der Waals surface area contributed by atoms with Crippen molar-refractivity contribution in [2.45, 2.75) is 57.5 Å². The van der Waals surface area contributed by atoms with Crippen molar-refractivity contribution in [2.75, 3.05) is 5.32 Å². The second kappa shape index (κ2) is 8.28. The van der Waals surface area contributed by atoms with Crippen LogP contribution in [0.4, 0.5) is 5.69 Å². The van der Waals surface area contributed by atoms with Crippen LogP contribution in [-0.4, -0.2) is 12.0 Å². The highest BCUT2D eigenvalue weighted by Gasteiger charge is 2.42. The minimum absolute atomic E-state index is 0.0990. The van der Waals surface area contributed by atoms with Crippen molar-refractivity contribution in [1.82, 2.24) is 0 Å². The Hall–Kier alpha value is -2.81. The summed E-state index contributed by atoms with van der Waals surface area (Å²) in [6.45, 7) is 4.19. The third-order valence-electron chi connectivity index (χ3n) is 6.25. The van der Waals surface area contributed by atoms with Gasteiger partial charge in [0.2, 0.25) is 5.91 Å². The molecule has 1 aliphatic rings. The number of fused-ring (bicyclic) bond motifs is 1. The summed E-state index contributed by atoms with van der Waals surface area (Å²) in [7, 11) is 0. The lowest BCUT2D eigenvalue weighted by molar-refractivity contribution is -0.121. The first-order chi connectivity index (χ1) is 14.1. The van der Waals surface area contributed by atoms with Gasteiger partial charge >= 0.3 is 0 Å². The second-order valence-corrected chi connectivity index (χ2v) is 8.10. The number of ether oxygens (including phenoxy) is 1. The molecule has 1 atom stereocenters. The first-order valence-corrected chi connectivity index (χ1v) is 10.7. The van der Waals surface area contributed by atoms with Crippen molar-refractivity contribution < 1.29 is 9.53 Å². The van der Waals surface area contributed by atoms with Crippen molar-refractivity contribution in [3.63, 3.8) is 0 Å². The first kappa shape index (κ1) is 19.5. The standard InChI is InChI=1S/C26H29NO2/c1-3-19(2)29-24-16-15-23(21-13-7-8-14-22(21)24)27-25(28)26(17-9-10-18-26)20-11-5-4-6-12-20/h4-8,11-16,19H,3,9-10,17-18H2,1-2H3,(H,27,28). The molecular weight excluding hydrogens is 358 g/mol. The van der Waals surface area contributed by atoms with Crippen molar-refractivity contribution in [3.05, 3.63) is 72.3 Å². The predicted molar refractivity (Wildman–Crippen MR) is 120 cm³/mol. The fraction of sp³-hybridized carbons (Fsp3) is 0.346.